The van der Waals surface area contributed by atoms with Gasteiger partial charge in [0.05, 0.1) is 5.69 Å². The van der Waals surface area contributed by atoms with Crippen LogP contribution in [-0.2, 0) is 22.4 Å². The fourth-order valence-corrected chi connectivity index (χ4v) is 2.67. The molecular formula is C14H14N2O3. The Bertz CT molecular complexity index is 580. The van der Waals surface area contributed by atoms with Crippen molar-refractivity contribution in [3.8, 4) is 0 Å². The summed E-state index contributed by atoms with van der Waals surface area (Å²) in [6.07, 6.45) is 4.47. The molecule has 1 fully saturated rings. The predicted molar refractivity (Wildman–Crippen MR) is 66.5 cm³/mol. The Morgan fingerprint density at radius 2 is 2.05 bits per heavy atom. The van der Waals surface area contributed by atoms with Crippen LogP contribution < -0.4 is 5.32 Å². The van der Waals surface area contributed by atoms with Crippen molar-refractivity contribution in [2.45, 2.75) is 32.1 Å². The van der Waals surface area contributed by atoms with E-state index in [2.05, 4.69) is 10.3 Å². The fourth-order valence-electron chi connectivity index (χ4n) is 2.67. The number of aryl methyl sites for hydroxylation is 1. The second-order valence-corrected chi connectivity index (χ2v) is 5.11. The van der Waals surface area contributed by atoms with Crippen LogP contribution in [0.3, 0.4) is 0 Å². The van der Waals surface area contributed by atoms with E-state index in [1.54, 1.807) is 6.20 Å². The first-order valence-electron chi connectivity index (χ1n) is 6.48. The van der Waals surface area contributed by atoms with Gasteiger partial charge in [0.1, 0.15) is 0 Å². The van der Waals surface area contributed by atoms with Crippen LogP contribution in [0.25, 0.3) is 0 Å². The molecule has 2 heterocycles. The van der Waals surface area contributed by atoms with Crippen molar-refractivity contribution in [1.29, 1.82) is 0 Å². The normalized spacial score (nSPS) is 22.3. The van der Waals surface area contributed by atoms with Gasteiger partial charge < -0.3 is 0 Å². The molecule has 5 nitrogen and oxygen atoms in total. The molecular weight excluding hydrogens is 244 g/mol. The van der Waals surface area contributed by atoms with E-state index in [0.29, 0.717) is 37.7 Å². The van der Waals surface area contributed by atoms with Crippen LogP contribution in [0.15, 0.2) is 12.3 Å². The third-order valence-electron chi connectivity index (χ3n) is 3.75. The van der Waals surface area contributed by atoms with E-state index in [0.717, 1.165) is 11.3 Å². The van der Waals surface area contributed by atoms with Crippen molar-refractivity contribution >= 4 is 17.6 Å². The van der Waals surface area contributed by atoms with Crippen LogP contribution >= 0.6 is 0 Å². The van der Waals surface area contributed by atoms with E-state index in [9.17, 15) is 14.4 Å². The number of piperidine rings is 1. The molecule has 0 bridgehead atoms. The molecule has 1 aliphatic carbocycles. The number of rotatable bonds is 2. The lowest BCUT2D eigenvalue weighted by atomic mass is 9.91. The van der Waals surface area contributed by atoms with Gasteiger partial charge in [0.15, 0.2) is 5.78 Å². The molecule has 0 spiro atoms. The van der Waals surface area contributed by atoms with Crippen molar-refractivity contribution in [2.24, 2.45) is 5.92 Å². The molecule has 0 radical (unpaired) electrons. The highest BCUT2D eigenvalue weighted by Crippen LogP contribution is 2.23. The molecule has 1 N–H and O–H groups in total. The number of carbonyl (C=O) groups excluding carboxylic acids is 3. The molecule has 1 atom stereocenters. The van der Waals surface area contributed by atoms with Crippen molar-refractivity contribution in [3.63, 3.8) is 0 Å². The third kappa shape index (κ3) is 2.28. The summed E-state index contributed by atoms with van der Waals surface area (Å²) in [6.45, 7) is 0. The highest BCUT2D eigenvalue weighted by Gasteiger charge is 2.27. The summed E-state index contributed by atoms with van der Waals surface area (Å²) in [5.41, 5.74) is 2.45. The molecule has 0 saturated carbocycles. The first-order chi connectivity index (χ1) is 9.13. The Kier molecular flexibility index (Phi) is 2.89. The van der Waals surface area contributed by atoms with Crippen LogP contribution in [0.4, 0.5) is 0 Å². The first-order valence-corrected chi connectivity index (χ1v) is 6.48. The van der Waals surface area contributed by atoms with Gasteiger partial charge in [-0.15, -0.1) is 0 Å². The number of hydrogen-bond acceptors (Lipinski definition) is 4. The predicted octanol–water partition coefficient (Wildman–Crippen LogP) is 0.806. The summed E-state index contributed by atoms with van der Waals surface area (Å²) in [4.78, 5) is 38.7. The smallest absolute Gasteiger partial charge is 0.230 e. The largest absolute Gasteiger partial charge is 0.296 e. The summed E-state index contributed by atoms with van der Waals surface area (Å²) in [5, 5.41) is 2.35. The van der Waals surface area contributed by atoms with Gasteiger partial charge in [0.25, 0.3) is 0 Å². The number of nitrogens with zero attached hydrogens (tertiary/aromatic N) is 1. The molecule has 98 valence electrons. The summed E-state index contributed by atoms with van der Waals surface area (Å²) in [5.74, 6) is -0.492. The van der Waals surface area contributed by atoms with Gasteiger partial charge >= 0.3 is 0 Å². The Labute approximate surface area is 110 Å². The minimum atomic E-state index is -0.219. The lowest BCUT2D eigenvalue weighted by Gasteiger charge is -2.20. The van der Waals surface area contributed by atoms with Gasteiger partial charge in [-0.1, -0.05) is 0 Å². The first kappa shape index (κ1) is 12.0. The second-order valence-electron chi connectivity index (χ2n) is 5.11. The number of amides is 2. The van der Waals surface area contributed by atoms with E-state index in [1.165, 1.54) is 0 Å². The Morgan fingerprint density at radius 1 is 1.21 bits per heavy atom. The van der Waals surface area contributed by atoms with E-state index < -0.39 is 0 Å². The van der Waals surface area contributed by atoms with E-state index in [1.807, 2.05) is 6.07 Å². The second kappa shape index (κ2) is 4.57. The van der Waals surface area contributed by atoms with Gasteiger partial charge in [-0.2, -0.15) is 0 Å². The van der Waals surface area contributed by atoms with Crippen LogP contribution in [0, 0.1) is 5.92 Å². The van der Waals surface area contributed by atoms with E-state index in [4.69, 9.17) is 0 Å². The molecule has 5 heteroatoms. The molecule has 1 unspecified atom stereocenters. The summed E-state index contributed by atoms with van der Waals surface area (Å²) < 4.78 is 0. The zero-order valence-corrected chi connectivity index (χ0v) is 10.4. The molecule has 1 saturated heterocycles. The number of imide groups is 1. The monoisotopic (exact) mass is 258 g/mol. The molecule has 2 aliphatic rings. The van der Waals surface area contributed by atoms with Crippen LogP contribution in [0.2, 0.25) is 0 Å². The zero-order chi connectivity index (χ0) is 13.4. The average molecular weight is 258 g/mol. The van der Waals surface area contributed by atoms with Crippen molar-refractivity contribution in [1.82, 2.24) is 10.3 Å². The van der Waals surface area contributed by atoms with E-state index in [-0.39, 0.29) is 23.5 Å². The Morgan fingerprint density at radius 3 is 2.84 bits per heavy atom. The highest BCUT2D eigenvalue weighted by atomic mass is 16.2. The lowest BCUT2D eigenvalue weighted by Crippen LogP contribution is -2.41. The SMILES string of the molecule is O=C1CCC(Cc2cnc3c(c2)C(=O)CC3)C(=O)N1. The summed E-state index contributed by atoms with van der Waals surface area (Å²) >= 11 is 0. The fraction of sp³-hybridized carbons (Fsp3) is 0.429. The van der Waals surface area contributed by atoms with Crippen LogP contribution in [0.5, 0.6) is 0 Å². The highest BCUT2D eigenvalue weighted by molar-refractivity contribution is 6.00. The standard InChI is InChI=1S/C14H14N2O3/c17-12-3-2-11-10(12)6-8(7-15-11)5-9-1-4-13(18)16-14(9)19/h6-7,9H,1-5H2,(H,16,18,19). The quantitative estimate of drug-likeness (QED) is 0.796. The van der Waals surface area contributed by atoms with Crippen molar-refractivity contribution in [3.05, 3.63) is 29.1 Å². The molecule has 2 amide bonds. The number of ketones is 1. The maximum atomic E-state index is 11.7. The molecule has 1 aromatic rings. The molecule has 3 rings (SSSR count). The maximum absolute atomic E-state index is 11.7. The van der Waals surface area contributed by atoms with E-state index >= 15 is 0 Å². The Hall–Kier alpha value is -2.04. The van der Waals surface area contributed by atoms with Gasteiger partial charge in [-0.05, 0) is 30.9 Å². The topological polar surface area (TPSA) is 76.1 Å². The number of fused-ring (bicyclic) bond motifs is 1. The lowest BCUT2D eigenvalue weighted by molar-refractivity contribution is -0.136. The third-order valence-corrected chi connectivity index (χ3v) is 3.75. The summed E-state index contributed by atoms with van der Waals surface area (Å²) in [7, 11) is 0. The van der Waals surface area contributed by atoms with Crippen LogP contribution in [-0.4, -0.2) is 22.6 Å². The number of hydrogen-bond donors (Lipinski definition) is 1. The molecule has 1 aromatic heterocycles. The summed E-state index contributed by atoms with van der Waals surface area (Å²) in [6, 6.07) is 1.85. The maximum Gasteiger partial charge on any atom is 0.230 e. The van der Waals surface area contributed by atoms with Crippen molar-refractivity contribution < 1.29 is 14.4 Å². The average Bonchev–Trinajstić information content (AvgIpc) is 2.75. The molecule has 0 aromatic carbocycles. The number of aromatic nitrogens is 1. The van der Waals surface area contributed by atoms with Gasteiger partial charge in [0, 0.05) is 30.5 Å². The molecule has 1 aliphatic heterocycles. The number of Topliss-reactive ketones (excluding diaryl/α,β-unsaturated/α-hetero) is 1. The van der Waals surface area contributed by atoms with Gasteiger partial charge in [-0.25, -0.2) is 0 Å². The minimum Gasteiger partial charge on any atom is -0.296 e. The zero-order valence-electron chi connectivity index (χ0n) is 10.4. The van der Waals surface area contributed by atoms with Gasteiger partial charge in [-0.3, -0.25) is 24.7 Å². The minimum absolute atomic E-state index is 0.132. The van der Waals surface area contributed by atoms with Crippen LogP contribution in [0.1, 0.15) is 40.9 Å². The number of nitrogens with one attached hydrogen (secondary N) is 1. The molecule has 19 heavy (non-hydrogen) atoms. The number of pyridine rings is 1. The van der Waals surface area contributed by atoms with Gasteiger partial charge in [0.2, 0.25) is 11.8 Å². The Balaban J connectivity index is 1.77. The number of carbonyl (C=O) groups is 3. The van der Waals surface area contributed by atoms with Crippen molar-refractivity contribution in [2.75, 3.05) is 0 Å².